The van der Waals surface area contributed by atoms with Gasteiger partial charge in [0.1, 0.15) is 0 Å². The zero-order valence-electron chi connectivity index (χ0n) is 17.0. The van der Waals surface area contributed by atoms with Crippen molar-refractivity contribution in [1.29, 1.82) is 0 Å². The highest BCUT2D eigenvalue weighted by Crippen LogP contribution is 2.41. The second kappa shape index (κ2) is 9.47. The SMILES string of the molecule is CN(C(=O)N1CCC(c2ccccc2)(N2CCCC2)CC1)C1CCOCC1.Cl. The highest BCUT2D eigenvalue weighted by molar-refractivity contribution is 5.85. The van der Waals surface area contributed by atoms with E-state index in [0.717, 1.165) is 52.0 Å². The van der Waals surface area contributed by atoms with Crippen molar-refractivity contribution in [3.8, 4) is 0 Å². The summed E-state index contributed by atoms with van der Waals surface area (Å²) in [7, 11) is 1.97. The van der Waals surface area contributed by atoms with Gasteiger partial charge in [0.05, 0.1) is 0 Å². The molecule has 0 spiro atoms. The number of urea groups is 1. The molecule has 156 valence electrons. The van der Waals surface area contributed by atoms with Crippen molar-refractivity contribution >= 4 is 18.4 Å². The normalized spacial score (nSPS) is 23.2. The average Bonchev–Trinajstić information content (AvgIpc) is 3.29. The molecule has 0 unspecified atom stereocenters. The molecule has 3 heterocycles. The summed E-state index contributed by atoms with van der Waals surface area (Å²) >= 11 is 0. The Balaban J connectivity index is 0.00000225. The minimum atomic E-state index is 0. The number of amides is 2. The predicted octanol–water partition coefficient (Wildman–Crippen LogP) is 3.73. The number of ether oxygens (including phenoxy) is 1. The molecule has 28 heavy (non-hydrogen) atoms. The van der Waals surface area contributed by atoms with Gasteiger partial charge in [-0.2, -0.15) is 0 Å². The predicted molar refractivity (Wildman–Crippen MR) is 114 cm³/mol. The van der Waals surface area contributed by atoms with Crippen molar-refractivity contribution < 1.29 is 9.53 Å². The van der Waals surface area contributed by atoms with Gasteiger partial charge in [-0.1, -0.05) is 30.3 Å². The molecule has 6 heteroatoms. The maximum Gasteiger partial charge on any atom is 0.319 e. The fourth-order valence-electron chi connectivity index (χ4n) is 5.20. The maximum absolute atomic E-state index is 13.1. The second-order valence-electron chi connectivity index (χ2n) is 8.32. The van der Waals surface area contributed by atoms with Crippen LogP contribution in [0.3, 0.4) is 0 Å². The lowest BCUT2D eigenvalue weighted by atomic mass is 9.79. The summed E-state index contributed by atoms with van der Waals surface area (Å²) < 4.78 is 5.45. The zero-order chi connectivity index (χ0) is 18.7. The van der Waals surface area contributed by atoms with E-state index in [1.165, 1.54) is 31.5 Å². The van der Waals surface area contributed by atoms with Crippen LogP contribution >= 0.6 is 12.4 Å². The topological polar surface area (TPSA) is 36.0 Å². The minimum absolute atomic E-state index is 0. The lowest BCUT2D eigenvalue weighted by molar-refractivity contribution is 0.0249. The highest BCUT2D eigenvalue weighted by Gasteiger charge is 2.43. The number of carbonyl (C=O) groups excluding carboxylic acids is 1. The van der Waals surface area contributed by atoms with E-state index in [4.69, 9.17) is 4.74 Å². The summed E-state index contributed by atoms with van der Waals surface area (Å²) in [4.78, 5) is 19.8. The molecule has 2 amide bonds. The number of hydrogen-bond donors (Lipinski definition) is 0. The van der Waals surface area contributed by atoms with Crippen LogP contribution in [0.25, 0.3) is 0 Å². The summed E-state index contributed by atoms with van der Waals surface area (Å²) in [6.45, 7) is 5.61. The third-order valence-corrected chi connectivity index (χ3v) is 6.92. The first-order chi connectivity index (χ1) is 13.2. The number of piperidine rings is 1. The van der Waals surface area contributed by atoms with Gasteiger partial charge in [0.25, 0.3) is 0 Å². The van der Waals surface area contributed by atoms with Gasteiger partial charge in [-0.15, -0.1) is 12.4 Å². The molecular weight excluding hydrogens is 374 g/mol. The Morgan fingerprint density at radius 3 is 2.25 bits per heavy atom. The van der Waals surface area contributed by atoms with Crippen molar-refractivity contribution in [2.45, 2.75) is 50.1 Å². The lowest BCUT2D eigenvalue weighted by Gasteiger charge is -2.49. The van der Waals surface area contributed by atoms with E-state index in [1.807, 2.05) is 11.9 Å². The Kier molecular flexibility index (Phi) is 7.24. The molecule has 0 aliphatic carbocycles. The van der Waals surface area contributed by atoms with Crippen LogP contribution in [-0.4, -0.2) is 73.2 Å². The van der Waals surface area contributed by atoms with Gasteiger partial charge in [-0.3, -0.25) is 4.90 Å². The van der Waals surface area contributed by atoms with Gasteiger partial charge in [-0.05, 0) is 57.2 Å². The molecule has 3 aliphatic heterocycles. The molecule has 0 radical (unpaired) electrons. The molecule has 0 N–H and O–H groups in total. The number of carbonyl (C=O) groups is 1. The van der Waals surface area contributed by atoms with Gasteiger partial charge in [0.15, 0.2) is 0 Å². The highest BCUT2D eigenvalue weighted by atomic mass is 35.5. The van der Waals surface area contributed by atoms with Crippen LogP contribution in [0.1, 0.15) is 44.1 Å². The van der Waals surface area contributed by atoms with Crippen LogP contribution in [0.15, 0.2) is 30.3 Å². The van der Waals surface area contributed by atoms with E-state index in [9.17, 15) is 4.79 Å². The van der Waals surface area contributed by atoms with E-state index in [-0.39, 0.29) is 24.0 Å². The smallest absolute Gasteiger partial charge is 0.319 e. The summed E-state index contributed by atoms with van der Waals surface area (Å²) in [5.41, 5.74) is 1.53. The van der Waals surface area contributed by atoms with Crippen LogP contribution in [-0.2, 0) is 10.3 Å². The average molecular weight is 408 g/mol. The largest absolute Gasteiger partial charge is 0.381 e. The van der Waals surface area contributed by atoms with Gasteiger partial charge in [0, 0.05) is 44.9 Å². The number of rotatable bonds is 3. The van der Waals surface area contributed by atoms with Crippen molar-refractivity contribution in [1.82, 2.24) is 14.7 Å². The van der Waals surface area contributed by atoms with E-state index < -0.39 is 0 Å². The van der Waals surface area contributed by atoms with Crippen LogP contribution < -0.4 is 0 Å². The molecule has 5 nitrogen and oxygen atoms in total. The molecule has 1 aromatic rings. The summed E-state index contributed by atoms with van der Waals surface area (Å²) in [5, 5.41) is 0. The Bertz CT molecular complexity index is 622. The quantitative estimate of drug-likeness (QED) is 0.766. The standard InChI is InChI=1S/C22H33N3O2.ClH/c1-23(20-9-17-27-18-10-20)21(26)24-15-11-22(12-16-24,25-13-5-6-14-25)19-7-3-2-4-8-19;/h2-4,7-8,20H,5-6,9-18H2,1H3;1H. The molecule has 0 saturated carbocycles. The first-order valence-electron chi connectivity index (χ1n) is 10.6. The van der Waals surface area contributed by atoms with Crippen LogP contribution in [0.4, 0.5) is 4.79 Å². The van der Waals surface area contributed by atoms with Crippen molar-refractivity contribution in [2.24, 2.45) is 0 Å². The first kappa shape index (κ1) is 21.4. The third kappa shape index (κ3) is 4.17. The number of nitrogens with zero attached hydrogens (tertiary/aromatic N) is 3. The van der Waals surface area contributed by atoms with Crippen LogP contribution in [0, 0.1) is 0 Å². The van der Waals surface area contributed by atoms with Crippen molar-refractivity contribution in [3.63, 3.8) is 0 Å². The Labute approximate surface area is 175 Å². The van der Waals surface area contributed by atoms with E-state index in [0.29, 0.717) is 6.04 Å². The number of likely N-dealkylation sites (tertiary alicyclic amines) is 2. The summed E-state index contributed by atoms with van der Waals surface area (Å²) in [6.07, 6.45) is 6.57. The van der Waals surface area contributed by atoms with Crippen LogP contribution in [0.5, 0.6) is 0 Å². The van der Waals surface area contributed by atoms with Crippen molar-refractivity contribution in [2.75, 3.05) is 46.4 Å². The van der Waals surface area contributed by atoms with E-state index in [2.05, 4.69) is 40.1 Å². The van der Waals surface area contributed by atoms with Gasteiger partial charge >= 0.3 is 6.03 Å². The lowest BCUT2D eigenvalue weighted by Crippen LogP contribution is -2.56. The first-order valence-corrected chi connectivity index (χ1v) is 10.6. The Morgan fingerprint density at radius 1 is 1.04 bits per heavy atom. The summed E-state index contributed by atoms with van der Waals surface area (Å²) in [5.74, 6) is 0. The fourth-order valence-corrected chi connectivity index (χ4v) is 5.20. The molecule has 1 aromatic carbocycles. The monoisotopic (exact) mass is 407 g/mol. The number of hydrogen-bond acceptors (Lipinski definition) is 3. The molecule has 3 saturated heterocycles. The van der Waals surface area contributed by atoms with E-state index in [1.54, 1.807) is 0 Å². The van der Waals surface area contributed by atoms with Crippen molar-refractivity contribution in [3.05, 3.63) is 35.9 Å². The van der Waals surface area contributed by atoms with E-state index >= 15 is 0 Å². The number of halogens is 1. The second-order valence-corrected chi connectivity index (χ2v) is 8.32. The van der Waals surface area contributed by atoms with Gasteiger partial charge in [-0.25, -0.2) is 4.79 Å². The molecule has 3 aliphatic rings. The molecule has 0 atom stereocenters. The molecular formula is C22H34ClN3O2. The molecule has 0 aromatic heterocycles. The molecule has 0 bridgehead atoms. The Morgan fingerprint density at radius 2 is 1.64 bits per heavy atom. The molecule has 4 rings (SSSR count). The number of benzene rings is 1. The zero-order valence-corrected chi connectivity index (χ0v) is 17.8. The van der Waals surface area contributed by atoms with Gasteiger partial charge < -0.3 is 14.5 Å². The maximum atomic E-state index is 13.1. The Hall–Kier alpha value is -1.30. The van der Waals surface area contributed by atoms with Crippen LogP contribution in [0.2, 0.25) is 0 Å². The van der Waals surface area contributed by atoms with Gasteiger partial charge in [0.2, 0.25) is 0 Å². The summed E-state index contributed by atoms with van der Waals surface area (Å²) in [6, 6.07) is 11.5. The third-order valence-electron chi connectivity index (χ3n) is 6.92. The minimum Gasteiger partial charge on any atom is -0.381 e. The fraction of sp³-hybridized carbons (Fsp3) is 0.682. The molecule has 3 fully saturated rings.